The molecule has 1 rings (SSSR count). The highest BCUT2D eigenvalue weighted by Crippen LogP contribution is 2.40. The van der Waals surface area contributed by atoms with Gasteiger partial charge < -0.3 is 5.73 Å². The summed E-state index contributed by atoms with van der Waals surface area (Å²) >= 11 is 14.3. The van der Waals surface area contributed by atoms with Gasteiger partial charge in [-0.2, -0.15) is 0 Å². The van der Waals surface area contributed by atoms with Crippen LogP contribution in [-0.2, 0) is 0 Å². The molecule has 0 heterocycles. The molecule has 0 spiro atoms. The lowest BCUT2D eigenvalue weighted by atomic mass is 10.3. The van der Waals surface area contributed by atoms with E-state index in [-0.39, 0.29) is 21.4 Å². The lowest BCUT2D eigenvalue weighted by Crippen LogP contribution is -1.97. The van der Waals surface area contributed by atoms with E-state index in [1.54, 1.807) is 0 Å². The summed E-state index contributed by atoms with van der Waals surface area (Å²) in [5.74, 6) is 0. The van der Waals surface area contributed by atoms with Gasteiger partial charge in [-0.3, -0.25) is 10.1 Å². The molecule has 1 aromatic rings. The number of benzene rings is 1. The van der Waals surface area contributed by atoms with E-state index in [2.05, 4.69) is 15.9 Å². The van der Waals surface area contributed by atoms with Gasteiger partial charge in [0.25, 0.3) is 0 Å². The van der Waals surface area contributed by atoms with Gasteiger partial charge in [0.15, 0.2) is 0 Å². The van der Waals surface area contributed by atoms with Crippen molar-refractivity contribution in [3.05, 3.63) is 30.7 Å². The van der Waals surface area contributed by atoms with Crippen LogP contribution in [0.3, 0.4) is 0 Å². The summed E-state index contributed by atoms with van der Waals surface area (Å²) in [6.45, 7) is 0. The van der Waals surface area contributed by atoms with Crippen molar-refractivity contribution in [1.82, 2.24) is 0 Å². The van der Waals surface area contributed by atoms with Crippen LogP contribution >= 0.6 is 39.1 Å². The largest absolute Gasteiger partial charge is 0.392 e. The maximum absolute atomic E-state index is 10.5. The molecular weight excluding hydrogens is 283 g/mol. The lowest BCUT2D eigenvalue weighted by Gasteiger charge is -2.03. The van der Waals surface area contributed by atoms with E-state index >= 15 is 0 Å². The van der Waals surface area contributed by atoms with E-state index in [9.17, 15) is 10.1 Å². The zero-order valence-corrected chi connectivity index (χ0v) is 9.15. The van der Waals surface area contributed by atoms with Gasteiger partial charge in [0.2, 0.25) is 0 Å². The Labute approximate surface area is 91.9 Å². The van der Waals surface area contributed by atoms with Gasteiger partial charge in [-0.25, -0.2) is 0 Å². The molecule has 0 saturated carbocycles. The maximum Gasteiger partial charge on any atom is 0.313 e. The molecule has 13 heavy (non-hydrogen) atoms. The van der Waals surface area contributed by atoms with E-state index in [4.69, 9.17) is 28.9 Å². The Morgan fingerprint density at radius 3 is 2.54 bits per heavy atom. The van der Waals surface area contributed by atoms with Crippen molar-refractivity contribution in [3.63, 3.8) is 0 Å². The molecule has 0 amide bonds. The Hall–Kier alpha value is -0.520. The zero-order valence-electron chi connectivity index (χ0n) is 6.05. The van der Waals surface area contributed by atoms with Crippen LogP contribution in [0.25, 0.3) is 0 Å². The minimum Gasteiger partial charge on any atom is -0.392 e. The van der Waals surface area contributed by atoms with Gasteiger partial charge in [-0.05, 0) is 22.0 Å². The second kappa shape index (κ2) is 3.69. The SMILES string of the molecule is Nc1c(Cl)cc(Br)c(Cl)c1[N+](=O)[O-]. The van der Waals surface area contributed by atoms with Gasteiger partial charge in [-0.15, -0.1) is 0 Å². The number of hydrogen-bond acceptors (Lipinski definition) is 3. The van der Waals surface area contributed by atoms with Gasteiger partial charge in [0.1, 0.15) is 10.7 Å². The standard InChI is InChI=1S/C6H3BrCl2N2O2/c7-2-1-3(8)5(10)6(4(2)9)11(12)13/h1H,10H2. The lowest BCUT2D eigenvalue weighted by molar-refractivity contribution is -0.383. The second-order valence-corrected chi connectivity index (χ2v) is 3.81. The van der Waals surface area contributed by atoms with Gasteiger partial charge in [0, 0.05) is 4.47 Å². The summed E-state index contributed by atoms with van der Waals surface area (Å²) < 4.78 is 0.347. The third kappa shape index (κ3) is 1.87. The first kappa shape index (κ1) is 10.6. The molecule has 0 bridgehead atoms. The van der Waals surface area contributed by atoms with E-state index in [1.165, 1.54) is 6.07 Å². The maximum atomic E-state index is 10.5. The Morgan fingerprint density at radius 1 is 1.54 bits per heavy atom. The van der Waals surface area contributed by atoms with E-state index < -0.39 is 4.92 Å². The van der Waals surface area contributed by atoms with Gasteiger partial charge in [-0.1, -0.05) is 23.2 Å². The summed E-state index contributed by atoms with van der Waals surface area (Å²) in [6.07, 6.45) is 0. The summed E-state index contributed by atoms with van der Waals surface area (Å²) in [6, 6.07) is 1.41. The Morgan fingerprint density at radius 2 is 2.08 bits per heavy atom. The molecule has 0 aromatic heterocycles. The molecule has 2 N–H and O–H groups in total. The number of nitro benzene ring substituents is 1. The van der Waals surface area contributed by atoms with Crippen molar-refractivity contribution in [2.75, 3.05) is 5.73 Å². The van der Waals surface area contributed by atoms with Crippen LogP contribution in [0.1, 0.15) is 0 Å². The number of nitrogen functional groups attached to an aromatic ring is 1. The van der Waals surface area contributed by atoms with E-state index in [1.807, 2.05) is 0 Å². The molecule has 0 aliphatic heterocycles. The molecule has 0 fully saturated rings. The Balaban J connectivity index is 3.56. The van der Waals surface area contributed by atoms with E-state index in [0.29, 0.717) is 4.47 Å². The fourth-order valence-electron chi connectivity index (χ4n) is 0.775. The summed E-state index contributed by atoms with van der Waals surface area (Å²) in [4.78, 5) is 9.84. The number of nitrogens with two attached hydrogens (primary N) is 1. The quantitative estimate of drug-likeness (QED) is 0.373. The fraction of sp³-hybridized carbons (Fsp3) is 0. The number of anilines is 1. The normalized spacial score (nSPS) is 10.1. The highest BCUT2D eigenvalue weighted by atomic mass is 79.9. The van der Waals surface area contributed by atoms with Crippen molar-refractivity contribution in [2.45, 2.75) is 0 Å². The van der Waals surface area contributed by atoms with Crippen LogP contribution in [-0.4, -0.2) is 4.92 Å². The average molecular weight is 286 g/mol. The van der Waals surface area contributed by atoms with Crippen LogP contribution in [0.15, 0.2) is 10.5 Å². The third-order valence-electron chi connectivity index (χ3n) is 1.37. The zero-order chi connectivity index (χ0) is 10.2. The first-order valence-electron chi connectivity index (χ1n) is 3.02. The first-order chi connectivity index (χ1) is 5.95. The molecule has 0 unspecified atom stereocenters. The highest BCUT2D eigenvalue weighted by molar-refractivity contribution is 9.10. The second-order valence-electron chi connectivity index (χ2n) is 2.17. The molecule has 1 aromatic carbocycles. The minimum atomic E-state index is -0.672. The number of halogens is 3. The van der Waals surface area contributed by atoms with Gasteiger partial charge >= 0.3 is 5.69 Å². The summed E-state index contributed by atoms with van der Waals surface area (Å²) in [7, 11) is 0. The smallest absolute Gasteiger partial charge is 0.313 e. The van der Waals surface area contributed by atoms with Crippen LogP contribution in [0.2, 0.25) is 10.0 Å². The fourth-order valence-corrected chi connectivity index (χ4v) is 1.75. The third-order valence-corrected chi connectivity index (χ3v) is 2.92. The molecule has 7 heteroatoms. The predicted octanol–water partition coefficient (Wildman–Crippen LogP) is 3.25. The molecular formula is C6H3BrCl2N2O2. The van der Waals surface area contributed by atoms with Gasteiger partial charge in [0.05, 0.1) is 9.95 Å². The van der Waals surface area contributed by atoms with Crippen molar-refractivity contribution < 1.29 is 4.92 Å². The minimum absolute atomic E-state index is 0.0492. The highest BCUT2D eigenvalue weighted by Gasteiger charge is 2.22. The van der Waals surface area contributed by atoms with E-state index in [0.717, 1.165) is 0 Å². The van der Waals surface area contributed by atoms with Crippen LogP contribution in [0.5, 0.6) is 0 Å². The van der Waals surface area contributed by atoms with Crippen molar-refractivity contribution >= 4 is 50.5 Å². The number of nitrogens with zero attached hydrogens (tertiary/aromatic N) is 1. The molecule has 70 valence electrons. The molecule has 4 nitrogen and oxygen atoms in total. The predicted molar refractivity (Wildman–Crippen MR) is 55.2 cm³/mol. The molecule has 0 atom stereocenters. The summed E-state index contributed by atoms with van der Waals surface area (Å²) in [5, 5.41) is 10.6. The molecule has 0 saturated heterocycles. The first-order valence-corrected chi connectivity index (χ1v) is 4.57. The number of nitro groups is 1. The van der Waals surface area contributed by atoms with Crippen LogP contribution in [0, 0.1) is 10.1 Å². The molecule has 0 radical (unpaired) electrons. The summed E-state index contributed by atoms with van der Waals surface area (Å²) in [5.41, 5.74) is 4.88. The Bertz CT molecular complexity index is 357. The Kier molecular flexibility index (Phi) is 3.00. The van der Waals surface area contributed by atoms with Crippen LogP contribution in [0.4, 0.5) is 11.4 Å². The van der Waals surface area contributed by atoms with Crippen molar-refractivity contribution in [2.24, 2.45) is 0 Å². The van der Waals surface area contributed by atoms with Crippen molar-refractivity contribution in [1.29, 1.82) is 0 Å². The monoisotopic (exact) mass is 284 g/mol. The van der Waals surface area contributed by atoms with Crippen LogP contribution < -0.4 is 5.73 Å². The average Bonchev–Trinajstić information content (AvgIpc) is 2.01. The molecule has 0 aliphatic rings. The topological polar surface area (TPSA) is 69.2 Å². The van der Waals surface area contributed by atoms with Crippen molar-refractivity contribution in [3.8, 4) is 0 Å². The number of rotatable bonds is 1. The number of hydrogen-bond donors (Lipinski definition) is 1. The molecule has 0 aliphatic carbocycles.